The van der Waals surface area contributed by atoms with Gasteiger partial charge in [0.05, 0.1) is 24.1 Å². The Hall–Kier alpha value is -5.36. The number of hydrogen-bond donors (Lipinski definition) is 4. The molecular weight excluding hydrogens is 715 g/mol. The van der Waals surface area contributed by atoms with E-state index in [9.17, 15) is 9.59 Å². The molecule has 3 fully saturated rings. The van der Waals surface area contributed by atoms with Gasteiger partial charge in [-0.3, -0.25) is 14.9 Å². The number of allylic oxidation sites excluding steroid dienone is 1. The van der Waals surface area contributed by atoms with E-state index in [1.54, 1.807) is 0 Å². The van der Waals surface area contributed by atoms with Crippen LogP contribution in [0.25, 0.3) is 0 Å². The molecule has 2 unspecified atom stereocenters. The fraction of sp³-hybridized carbons (Fsp3) is 0.467. The Balaban J connectivity index is 0.757. The van der Waals surface area contributed by atoms with E-state index < -0.39 is 0 Å². The Morgan fingerprint density at radius 2 is 1.63 bits per heavy atom. The molecule has 6 aliphatic heterocycles. The molecule has 9 rings (SSSR count). The molecule has 4 N–H and O–H groups in total. The standard InChI is InChI=1S/C45H55N9O3/c1-29-3-4-33-17-23-54(40-27-47-45-42(30(40)2)46-20-26-57-45)28-39(33)50-43(29)49-35-9-11-36(12-10-35)53-24-18-37(19-25-53)52-21-15-32(16-22-52)31-5-7-34(8-6-31)48-38-13-14-41(55)51-44(38)56/h3-12,27,29,32,37-38,46,48H,13-26,28H2,1-2H3,(H,49,50)(H,51,55,56). The molecule has 1 aromatic heterocycles. The lowest BCUT2D eigenvalue weighted by atomic mass is 9.88. The zero-order valence-corrected chi connectivity index (χ0v) is 33.2. The largest absolute Gasteiger partial charge is 0.474 e. The quantitative estimate of drug-likeness (QED) is 0.200. The van der Waals surface area contributed by atoms with E-state index in [0.29, 0.717) is 37.3 Å². The number of imide groups is 1. The van der Waals surface area contributed by atoms with Crippen LogP contribution in [0.4, 0.5) is 28.4 Å². The van der Waals surface area contributed by atoms with Gasteiger partial charge in [-0.1, -0.05) is 31.2 Å². The Bertz CT molecular complexity index is 2060. The van der Waals surface area contributed by atoms with Crippen molar-refractivity contribution in [2.24, 2.45) is 10.9 Å². The van der Waals surface area contributed by atoms with Gasteiger partial charge in [0, 0.05) is 67.2 Å². The van der Waals surface area contributed by atoms with Gasteiger partial charge >= 0.3 is 0 Å². The van der Waals surface area contributed by atoms with Gasteiger partial charge in [-0.2, -0.15) is 0 Å². The lowest BCUT2D eigenvalue weighted by molar-refractivity contribution is -0.133. The van der Waals surface area contributed by atoms with Crippen molar-refractivity contribution >= 4 is 46.1 Å². The number of fused-ring (bicyclic) bond motifs is 1. The highest BCUT2D eigenvalue weighted by Crippen LogP contribution is 2.37. The molecule has 12 heteroatoms. The number of aliphatic imine (C=N–C) groups is 1. The second-order valence-corrected chi connectivity index (χ2v) is 16.5. The third-order valence-corrected chi connectivity index (χ3v) is 12.9. The fourth-order valence-electron chi connectivity index (χ4n) is 9.40. The number of carbonyl (C=O) groups excluding carboxylic acids is 2. The number of piperidine rings is 3. The number of nitrogens with one attached hydrogen (secondary N) is 4. The van der Waals surface area contributed by atoms with Crippen LogP contribution in [0.1, 0.15) is 68.9 Å². The van der Waals surface area contributed by atoms with Crippen LogP contribution in [0.3, 0.4) is 0 Å². The molecular formula is C45H55N9O3. The summed E-state index contributed by atoms with van der Waals surface area (Å²) in [4.78, 5) is 41.2. The normalized spacial score (nSPS) is 23.4. The number of ether oxygens (including phenoxy) is 1. The van der Waals surface area contributed by atoms with Gasteiger partial charge in [-0.05, 0) is 112 Å². The predicted molar refractivity (Wildman–Crippen MR) is 228 cm³/mol. The topological polar surface area (TPSA) is 126 Å². The van der Waals surface area contributed by atoms with Gasteiger partial charge in [-0.25, -0.2) is 9.98 Å². The fourth-order valence-corrected chi connectivity index (χ4v) is 9.40. The maximum absolute atomic E-state index is 12.2. The van der Waals surface area contributed by atoms with Crippen molar-refractivity contribution in [3.8, 4) is 5.88 Å². The minimum Gasteiger partial charge on any atom is -0.474 e. The molecule has 7 heterocycles. The van der Waals surface area contributed by atoms with Crippen molar-refractivity contribution in [2.75, 3.05) is 78.2 Å². The molecule has 2 amide bonds. The maximum Gasteiger partial charge on any atom is 0.249 e. The monoisotopic (exact) mass is 769 g/mol. The zero-order chi connectivity index (χ0) is 38.9. The number of likely N-dealkylation sites (tertiary alicyclic amines) is 1. The second kappa shape index (κ2) is 16.2. The van der Waals surface area contributed by atoms with Crippen LogP contribution in [0.5, 0.6) is 5.88 Å². The first kappa shape index (κ1) is 37.2. The molecule has 0 radical (unpaired) electrons. The van der Waals surface area contributed by atoms with Crippen molar-refractivity contribution in [1.29, 1.82) is 0 Å². The maximum atomic E-state index is 12.2. The van der Waals surface area contributed by atoms with Crippen LogP contribution in [0, 0.1) is 12.8 Å². The number of anilines is 5. The van der Waals surface area contributed by atoms with E-state index in [2.05, 4.69) is 115 Å². The van der Waals surface area contributed by atoms with Gasteiger partial charge < -0.3 is 35.4 Å². The number of hydrogen-bond acceptors (Lipinski definition) is 11. The first-order chi connectivity index (χ1) is 27.8. The summed E-state index contributed by atoms with van der Waals surface area (Å²) in [5, 5.41) is 12.9. The summed E-state index contributed by atoms with van der Waals surface area (Å²) in [5.74, 6) is 1.99. The van der Waals surface area contributed by atoms with Crippen molar-refractivity contribution in [1.82, 2.24) is 15.2 Å². The highest BCUT2D eigenvalue weighted by atomic mass is 16.5. The molecule has 2 atom stereocenters. The Kier molecular flexibility index (Phi) is 10.6. The number of pyridine rings is 1. The predicted octanol–water partition coefficient (Wildman–Crippen LogP) is 6.44. The lowest BCUT2D eigenvalue weighted by Crippen LogP contribution is -2.47. The molecule has 3 aromatic rings. The number of amides is 2. The van der Waals surface area contributed by atoms with Gasteiger partial charge in [-0.15, -0.1) is 0 Å². The van der Waals surface area contributed by atoms with Gasteiger partial charge in [0.25, 0.3) is 0 Å². The molecule has 3 saturated heterocycles. The molecule has 0 saturated carbocycles. The van der Waals surface area contributed by atoms with E-state index >= 15 is 0 Å². The van der Waals surface area contributed by atoms with Crippen molar-refractivity contribution in [3.63, 3.8) is 0 Å². The summed E-state index contributed by atoms with van der Waals surface area (Å²) < 4.78 is 5.78. The Morgan fingerprint density at radius 1 is 0.860 bits per heavy atom. The van der Waals surface area contributed by atoms with Crippen LogP contribution in [0.2, 0.25) is 0 Å². The third kappa shape index (κ3) is 8.10. The van der Waals surface area contributed by atoms with Gasteiger partial charge in [0.1, 0.15) is 24.2 Å². The summed E-state index contributed by atoms with van der Waals surface area (Å²) in [6.45, 7) is 11.9. The minimum atomic E-state index is -0.353. The first-order valence-corrected chi connectivity index (χ1v) is 21.0. The average molecular weight is 770 g/mol. The molecule has 2 aromatic carbocycles. The van der Waals surface area contributed by atoms with Crippen LogP contribution in [0.15, 0.2) is 83.1 Å². The SMILES string of the molecule is Cc1c(N2CCC3=C(C2)N=C(Nc2ccc(N4CCC(N5CCC(c6ccc(NC7CCC(=O)NC7=O)cc6)CC5)CC4)cc2)C(C)C=C3)cnc2c1NCCO2. The summed E-state index contributed by atoms with van der Waals surface area (Å²) in [7, 11) is 0. The number of amidine groups is 1. The Labute approximate surface area is 335 Å². The molecule has 298 valence electrons. The summed E-state index contributed by atoms with van der Waals surface area (Å²) in [6, 6.07) is 17.8. The second-order valence-electron chi connectivity index (χ2n) is 16.5. The van der Waals surface area contributed by atoms with E-state index in [-0.39, 0.29) is 23.8 Å². The van der Waals surface area contributed by atoms with Crippen LogP contribution in [-0.2, 0) is 9.59 Å². The number of carbonyl (C=O) groups is 2. The van der Waals surface area contributed by atoms with Crippen molar-refractivity contribution < 1.29 is 14.3 Å². The first-order valence-electron chi connectivity index (χ1n) is 21.0. The summed E-state index contributed by atoms with van der Waals surface area (Å²) >= 11 is 0. The van der Waals surface area contributed by atoms with Gasteiger partial charge in [0.2, 0.25) is 17.7 Å². The number of aromatic nitrogens is 1. The van der Waals surface area contributed by atoms with E-state index in [4.69, 9.17) is 9.73 Å². The minimum absolute atomic E-state index is 0.177. The van der Waals surface area contributed by atoms with E-state index in [1.165, 1.54) is 48.1 Å². The number of rotatable bonds is 7. The molecule has 0 spiro atoms. The smallest absolute Gasteiger partial charge is 0.249 e. The zero-order valence-electron chi connectivity index (χ0n) is 33.2. The highest BCUT2D eigenvalue weighted by molar-refractivity contribution is 6.01. The summed E-state index contributed by atoms with van der Waals surface area (Å²) in [5.41, 5.74) is 10.4. The van der Waals surface area contributed by atoms with E-state index in [0.717, 1.165) is 86.5 Å². The van der Waals surface area contributed by atoms with E-state index in [1.807, 2.05) is 6.20 Å². The van der Waals surface area contributed by atoms with Crippen LogP contribution >= 0.6 is 0 Å². The lowest BCUT2D eigenvalue weighted by Gasteiger charge is -2.42. The average Bonchev–Trinajstić information content (AvgIpc) is 3.40. The molecule has 57 heavy (non-hydrogen) atoms. The summed E-state index contributed by atoms with van der Waals surface area (Å²) in [6.07, 6.45) is 13.1. The highest BCUT2D eigenvalue weighted by Gasteiger charge is 2.30. The molecule has 12 nitrogen and oxygen atoms in total. The molecule has 0 bridgehead atoms. The third-order valence-electron chi connectivity index (χ3n) is 12.9. The van der Waals surface area contributed by atoms with Crippen LogP contribution in [-0.4, -0.2) is 92.0 Å². The number of benzene rings is 2. The molecule has 0 aliphatic carbocycles. The Morgan fingerprint density at radius 3 is 2.40 bits per heavy atom. The number of nitrogens with zero attached hydrogens (tertiary/aromatic N) is 5. The van der Waals surface area contributed by atoms with Crippen molar-refractivity contribution in [2.45, 2.75) is 76.8 Å². The van der Waals surface area contributed by atoms with Gasteiger partial charge in [0.15, 0.2) is 0 Å². The van der Waals surface area contributed by atoms with Crippen LogP contribution < -0.4 is 35.8 Å². The molecule has 6 aliphatic rings. The van der Waals surface area contributed by atoms with Crippen molar-refractivity contribution in [3.05, 3.63) is 89.3 Å².